The zero-order chi connectivity index (χ0) is 19.6. The number of hydrogen-bond acceptors (Lipinski definition) is 5. The van der Waals surface area contributed by atoms with Crippen LogP contribution in [0.2, 0.25) is 13.6 Å². The Bertz CT molecular complexity index is 829. The quantitative estimate of drug-likeness (QED) is 0.721. The first kappa shape index (κ1) is 19.3. The minimum Gasteiger partial charge on any atom is -0.478 e. The standard InChI is InChI=1S/C10H12BNO3.C9H12BNO/c1-11(15)12-6-5-7-3-2-4-8(9(7)12)10(13)14;1-10(12)11-7-6-8-4-2-3-5-9(8)11/h2-4,15H,5-6H2,1H3,(H,13,14);2-5,12H,6-7H2,1H3. The summed E-state index contributed by atoms with van der Waals surface area (Å²) in [5.74, 6) is -0.945. The second-order valence-corrected chi connectivity index (χ2v) is 6.90. The Hall–Kier alpha value is -2.44. The van der Waals surface area contributed by atoms with Crippen molar-refractivity contribution in [1.82, 2.24) is 0 Å². The summed E-state index contributed by atoms with van der Waals surface area (Å²) in [6.45, 7) is 5.07. The van der Waals surface area contributed by atoms with Crippen LogP contribution in [-0.4, -0.2) is 48.3 Å². The molecule has 0 aromatic heterocycles. The van der Waals surface area contributed by atoms with Crippen LogP contribution in [0.1, 0.15) is 21.5 Å². The minimum atomic E-state index is -0.945. The number of carboxylic acids is 1. The van der Waals surface area contributed by atoms with Gasteiger partial charge in [-0.3, -0.25) is 0 Å². The van der Waals surface area contributed by atoms with Crippen LogP contribution in [0.15, 0.2) is 42.5 Å². The van der Waals surface area contributed by atoms with E-state index in [1.165, 1.54) is 11.3 Å². The predicted molar refractivity (Wildman–Crippen MR) is 110 cm³/mol. The van der Waals surface area contributed by atoms with Crippen molar-refractivity contribution in [1.29, 1.82) is 0 Å². The maximum Gasteiger partial charge on any atom is 0.409 e. The Morgan fingerprint density at radius 1 is 0.889 bits per heavy atom. The van der Waals surface area contributed by atoms with Crippen LogP contribution in [0, 0.1) is 0 Å². The van der Waals surface area contributed by atoms with Gasteiger partial charge in [-0.15, -0.1) is 0 Å². The highest BCUT2D eigenvalue weighted by molar-refractivity contribution is 6.54. The fourth-order valence-corrected chi connectivity index (χ4v) is 3.78. The lowest BCUT2D eigenvalue weighted by atomic mass is 9.84. The van der Waals surface area contributed by atoms with E-state index in [1.54, 1.807) is 23.8 Å². The number of para-hydroxylation sites is 2. The number of hydrogen-bond donors (Lipinski definition) is 3. The fourth-order valence-electron chi connectivity index (χ4n) is 3.78. The third-order valence-corrected chi connectivity index (χ3v) is 5.08. The number of aromatic carboxylic acids is 1. The van der Waals surface area contributed by atoms with E-state index in [9.17, 15) is 14.8 Å². The molecule has 140 valence electrons. The molecule has 6 nitrogen and oxygen atoms in total. The average molecular weight is 366 g/mol. The average Bonchev–Trinajstić information content (AvgIpc) is 3.26. The zero-order valence-electron chi connectivity index (χ0n) is 15.7. The summed E-state index contributed by atoms with van der Waals surface area (Å²) in [4.78, 5) is 14.8. The van der Waals surface area contributed by atoms with Gasteiger partial charge in [-0.05, 0) is 49.7 Å². The summed E-state index contributed by atoms with van der Waals surface area (Å²) >= 11 is 0. The molecular weight excluding hydrogens is 342 g/mol. The summed E-state index contributed by atoms with van der Waals surface area (Å²) in [6, 6.07) is 13.5. The molecule has 0 saturated carbocycles. The van der Waals surface area contributed by atoms with Gasteiger partial charge in [0, 0.05) is 24.5 Å². The first-order valence-electron chi connectivity index (χ1n) is 9.22. The van der Waals surface area contributed by atoms with Crippen molar-refractivity contribution in [3.63, 3.8) is 0 Å². The normalized spacial score (nSPS) is 14.2. The van der Waals surface area contributed by atoms with Gasteiger partial charge in [0.1, 0.15) is 0 Å². The Labute approximate surface area is 160 Å². The van der Waals surface area contributed by atoms with Gasteiger partial charge < -0.3 is 24.8 Å². The van der Waals surface area contributed by atoms with Crippen LogP contribution in [-0.2, 0) is 12.8 Å². The van der Waals surface area contributed by atoms with Gasteiger partial charge in [-0.1, -0.05) is 30.3 Å². The van der Waals surface area contributed by atoms with E-state index in [2.05, 4.69) is 12.1 Å². The molecule has 0 atom stereocenters. The van der Waals surface area contributed by atoms with Crippen molar-refractivity contribution in [3.8, 4) is 0 Å². The molecule has 0 unspecified atom stereocenters. The molecule has 0 saturated heterocycles. The number of anilines is 2. The van der Waals surface area contributed by atoms with Gasteiger partial charge in [0.15, 0.2) is 0 Å². The van der Waals surface area contributed by atoms with E-state index in [4.69, 9.17) is 5.11 Å². The predicted octanol–water partition coefficient (Wildman–Crippen LogP) is 2.02. The molecule has 2 aromatic carbocycles. The topological polar surface area (TPSA) is 84.2 Å². The van der Waals surface area contributed by atoms with Gasteiger partial charge in [0.05, 0.1) is 5.56 Å². The van der Waals surface area contributed by atoms with Crippen molar-refractivity contribution in [2.24, 2.45) is 0 Å². The van der Waals surface area contributed by atoms with Crippen LogP contribution < -0.4 is 9.62 Å². The number of benzene rings is 2. The first-order chi connectivity index (χ1) is 12.9. The molecule has 0 radical (unpaired) electrons. The van der Waals surface area contributed by atoms with Gasteiger partial charge in [-0.2, -0.15) is 0 Å². The van der Waals surface area contributed by atoms with Crippen LogP contribution in [0.25, 0.3) is 0 Å². The Morgan fingerprint density at radius 2 is 1.48 bits per heavy atom. The molecule has 27 heavy (non-hydrogen) atoms. The molecule has 2 aromatic rings. The Morgan fingerprint density at radius 3 is 2.15 bits per heavy atom. The van der Waals surface area contributed by atoms with E-state index < -0.39 is 13.0 Å². The summed E-state index contributed by atoms with van der Waals surface area (Å²) in [5.41, 5.74) is 4.47. The smallest absolute Gasteiger partial charge is 0.409 e. The molecule has 2 aliphatic heterocycles. The number of carbonyl (C=O) groups is 1. The Kier molecular flexibility index (Phi) is 5.77. The highest BCUT2D eigenvalue weighted by Gasteiger charge is 2.29. The van der Waals surface area contributed by atoms with Crippen LogP contribution in [0.5, 0.6) is 0 Å². The third-order valence-electron chi connectivity index (χ3n) is 5.08. The van der Waals surface area contributed by atoms with E-state index >= 15 is 0 Å². The lowest BCUT2D eigenvalue weighted by Crippen LogP contribution is -2.36. The summed E-state index contributed by atoms with van der Waals surface area (Å²) < 4.78 is 0. The van der Waals surface area contributed by atoms with Crippen molar-refractivity contribution in [3.05, 3.63) is 59.2 Å². The summed E-state index contributed by atoms with van der Waals surface area (Å²) in [7, 11) is -1.01. The maximum atomic E-state index is 11.0. The highest BCUT2D eigenvalue weighted by Crippen LogP contribution is 2.32. The number of nitrogens with zero attached hydrogens (tertiary/aromatic N) is 2. The monoisotopic (exact) mass is 366 g/mol. The van der Waals surface area contributed by atoms with Crippen molar-refractivity contribution in [2.45, 2.75) is 26.5 Å². The molecule has 0 amide bonds. The molecule has 0 fully saturated rings. The number of carboxylic acid groups (broad SMARTS) is 1. The molecule has 8 heteroatoms. The van der Waals surface area contributed by atoms with Gasteiger partial charge in [0.2, 0.25) is 0 Å². The van der Waals surface area contributed by atoms with E-state index in [0.717, 1.165) is 24.9 Å². The van der Waals surface area contributed by atoms with Gasteiger partial charge in [-0.25, -0.2) is 4.79 Å². The number of rotatable bonds is 3. The lowest BCUT2D eigenvalue weighted by molar-refractivity contribution is 0.0697. The summed E-state index contributed by atoms with van der Waals surface area (Å²) in [5, 5.41) is 28.0. The second-order valence-electron chi connectivity index (χ2n) is 6.90. The third kappa shape index (κ3) is 3.96. The zero-order valence-corrected chi connectivity index (χ0v) is 15.7. The van der Waals surface area contributed by atoms with Crippen LogP contribution >= 0.6 is 0 Å². The summed E-state index contributed by atoms with van der Waals surface area (Å²) in [6.07, 6.45) is 1.85. The molecular formula is C19H24B2N2O4. The Balaban J connectivity index is 0.000000159. The fraction of sp³-hybridized carbons (Fsp3) is 0.316. The van der Waals surface area contributed by atoms with Crippen LogP contribution in [0.4, 0.5) is 11.4 Å². The minimum absolute atomic E-state index is 0.269. The largest absolute Gasteiger partial charge is 0.478 e. The second kappa shape index (κ2) is 8.06. The lowest BCUT2D eigenvalue weighted by Gasteiger charge is -2.21. The maximum absolute atomic E-state index is 11.0. The van der Waals surface area contributed by atoms with Crippen molar-refractivity contribution >= 4 is 31.4 Å². The first-order valence-corrected chi connectivity index (χ1v) is 9.22. The molecule has 2 aliphatic rings. The van der Waals surface area contributed by atoms with E-state index in [-0.39, 0.29) is 12.6 Å². The van der Waals surface area contributed by atoms with Crippen molar-refractivity contribution in [2.75, 3.05) is 22.7 Å². The van der Waals surface area contributed by atoms with Crippen molar-refractivity contribution < 1.29 is 19.9 Å². The molecule has 0 bridgehead atoms. The highest BCUT2D eigenvalue weighted by atomic mass is 16.4. The van der Waals surface area contributed by atoms with E-state index in [0.29, 0.717) is 12.2 Å². The van der Waals surface area contributed by atoms with E-state index in [1.807, 2.05) is 29.8 Å². The molecule has 0 aliphatic carbocycles. The molecule has 2 heterocycles. The number of fused-ring (bicyclic) bond motifs is 2. The van der Waals surface area contributed by atoms with Gasteiger partial charge in [0.25, 0.3) is 0 Å². The SMILES string of the molecule is CB(O)N1CCc2cccc(C(=O)O)c21.CB(O)N1CCc2ccccc21. The molecule has 3 N–H and O–H groups in total. The van der Waals surface area contributed by atoms with Crippen LogP contribution in [0.3, 0.4) is 0 Å². The van der Waals surface area contributed by atoms with Gasteiger partial charge >= 0.3 is 20.1 Å². The molecule has 0 spiro atoms. The molecule has 4 rings (SSSR count).